The number of fused-ring (bicyclic) bond motifs is 1. The quantitative estimate of drug-likeness (QED) is 0.407. The highest BCUT2D eigenvalue weighted by atomic mass is 32.2. The van der Waals surface area contributed by atoms with E-state index in [0.29, 0.717) is 18.3 Å². The highest BCUT2D eigenvalue weighted by molar-refractivity contribution is 7.89. The normalized spacial score (nSPS) is 29.9. The molecule has 3 aliphatic carbocycles. The van der Waals surface area contributed by atoms with Gasteiger partial charge in [0.2, 0.25) is 15.9 Å². The Bertz CT molecular complexity index is 1350. The third-order valence-electron chi connectivity index (χ3n) is 9.43. The van der Waals surface area contributed by atoms with Crippen LogP contribution in [0.5, 0.6) is 0 Å². The fourth-order valence-electron chi connectivity index (χ4n) is 7.03. The number of nitrogens with one attached hydrogen (secondary N) is 2. The molecule has 212 valence electrons. The fraction of sp³-hybridized carbons (Fsp3) is 0.621. The minimum Gasteiger partial charge on any atom is -0.404 e. The lowest BCUT2D eigenvalue weighted by atomic mass is 9.43. The van der Waals surface area contributed by atoms with Gasteiger partial charge < -0.3 is 19.7 Å². The van der Waals surface area contributed by atoms with E-state index >= 15 is 0 Å². The van der Waals surface area contributed by atoms with Crippen molar-refractivity contribution in [1.82, 2.24) is 10.0 Å². The Kier molecular flexibility index (Phi) is 7.42. The van der Waals surface area contributed by atoms with Crippen molar-refractivity contribution in [3.63, 3.8) is 0 Å². The molecule has 10 heteroatoms. The molecule has 6 rings (SSSR count). The summed E-state index contributed by atoms with van der Waals surface area (Å²) in [5, 5.41) is 15.1. The summed E-state index contributed by atoms with van der Waals surface area (Å²) < 4.78 is 42.0. The van der Waals surface area contributed by atoms with Gasteiger partial charge in [-0.3, -0.25) is 4.79 Å². The van der Waals surface area contributed by atoms with Crippen LogP contribution in [0.4, 0.5) is 0 Å². The molecule has 7 atom stereocenters. The van der Waals surface area contributed by atoms with Gasteiger partial charge in [-0.05, 0) is 79.2 Å². The number of carbonyl (C=O) groups is 1. The van der Waals surface area contributed by atoms with Gasteiger partial charge in [0.05, 0.1) is 28.6 Å². The van der Waals surface area contributed by atoms with Gasteiger partial charge >= 0.3 is 7.12 Å². The number of hydrogen-bond donors (Lipinski definition) is 3. The zero-order valence-electron chi connectivity index (χ0n) is 23.7. The average molecular weight is 557 g/mol. The summed E-state index contributed by atoms with van der Waals surface area (Å²) in [7, 11) is -4.74. The van der Waals surface area contributed by atoms with Gasteiger partial charge in [-0.15, -0.1) is 0 Å². The summed E-state index contributed by atoms with van der Waals surface area (Å²) in [4.78, 5) is 13.5. The molecular formula is C29H41BN2O6S. The number of aliphatic hydroxyl groups is 1. The minimum atomic E-state index is -4.09. The standard InChI is InChI=1S/C29H41BN2O6S/c1-17(2)13-25(30-37-24-16-21-15-23(28(21,4)5)29(24,6)38-30)31-27(34)26(18(3)33)32-39(35,36)22-12-11-19-9-7-8-10-20(19)14-22/h7-12,14,17-18,21,23-26,32-33H,13,15-16H2,1-6H3,(H,31,34)/t18-,21-,23-,24-,25+,26+,29+/m1/s1. The molecule has 0 aromatic heterocycles. The van der Waals surface area contributed by atoms with E-state index in [1.54, 1.807) is 12.1 Å². The van der Waals surface area contributed by atoms with Crippen molar-refractivity contribution in [1.29, 1.82) is 0 Å². The highest BCUT2D eigenvalue weighted by Gasteiger charge is 2.68. The molecule has 0 radical (unpaired) electrons. The maximum absolute atomic E-state index is 13.5. The van der Waals surface area contributed by atoms with Gasteiger partial charge in [-0.2, -0.15) is 4.72 Å². The molecule has 4 fully saturated rings. The number of aliphatic hydroxyl groups excluding tert-OH is 1. The van der Waals surface area contributed by atoms with Gasteiger partial charge in [0.15, 0.2) is 0 Å². The fourth-order valence-corrected chi connectivity index (χ4v) is 8.33. The Morgan fingerprint density at radius 3 is 2.44 bits per heavy atom. The molecule has 1 amide bonds. The first-order chi connectivity index (χ1) is 18.2. The molecular weight excluding hydrogens is 515 g/mol. The van der Waals surface area contributed by atoms with Crippen LogP contribution in [-0.4, -0.2) is 56.3 Å². The van der Waals surface area contributed by atoms with Crippen LogP contribution in [0.25, 0.3) is 10.8 Å². The molecule has 4 aliphatic rings. The number of sulfonamides is 1. The summed E-state index contributed by atoms with van der Waals surface area (Å²) in [6.45, 7) is 12.2. The molecule has 39 heavy (non-hydrogen) atoms. The van der Waals surface area contributed by atoms with Crippen molar-refractivity contribution >= 4 is 33.8 Å². The maximum atomic E-state index is 13.5. The van der Waals surface area contributed by atoms with Crippen molar-refractivity contribution in [3.05, 3.63) is 42.5 Å². The topological polar surface area (TPSA) is 114 Å². The number of hydrogen-bond acceptors (Lipinski definition) is 6. The Hall–Kier alpha value is -1.98. The van der Waals surface area contributed by atoms with Crippen LogP contribution in [0.15, 0.2) is 47.4 Å². The summed E-state index contributed by atoms with van der Waals surface area (Å²) in [5.74, 6) is 0.101. The molecule has 2 bridgehead atoms. The van der Waals surface area contributed by atoms with Crippen LogP contribution in [0.1, 0.15) is 60.8 Å². The maximum Gasteiger partial charge on any atom is 0.481 e. The van der Waals surface area contributed by atoms with E-state index < -0.39 is 46.7 Å². The van der Waals surface area contributed by atoms with Crippen LogP contribution in [0, 0.1) is 23.2 Å². The van der Waals surface area contributed by atoms with E-state index in [1.165, 1.54) is 13.0 Å². The first kappa shape index (κ1) is 28.5. The third-order valence-corrected chi connectivity index (χ3v) is 10.9. The van der Waals surface area contributed by atoms with Crippen molar-refractivity contribution in [3.8, 4) is 0 Å². The summed E-state index contributed by atoms with van der Waals surface area (Å²) >= 11 is 0. The number of rotatable bonds is 9. The van der Waals surface area contributed by atoms with Crippen LogP contribution in [0.3, 0.4) is 0 Å². The van der Waals surface area contributed by atoms with Gasteiger partial charge in [-0.25, -0.2) is 8.42 Å². The molecule has 1 aliphatic heterocycles. The van der Waals surface area contributed by atoms with Crippen LogP contribution < -0.4 is 10.0 Å². The predicted octanol–water partition coefficient (Wildman–Crippen LogP) is 3.67. The van der Waals surface area contributed by atoms with Gasteiger partial charge in [0, 0.05) is 0 Å². The first-order valence-corrected chi connectivity index (χ1v) is 15.5. The minimum absolute atomic E-state index is 0.0273. The van der Waals surface area contributed by atoms with Crippen molar-refractivity contribution < 1.29 is 27.6 Å². The predicted molar refractivity (Wildman–Crippen MR) is 151 cm³/mol. The smallest absolute Gasteiger partial charge is 0.404 e. The molecule has 1 heterocycles. The first-order valence-electron chi connectivity index (χ1n) is 14.0. The lowest BCUT2D eigenvalue weighted by Gasteiger charge is -2.64. The molecule has 0 unspecified atom stereocenters. The number of benzene rings is 2. The molecule has 8 nitrogen and oxygen atoms in total. The van der Waals surface area contributed by atoms with E-state index in [1.807, 2.05) is 24.3 Å². The second-order valence-electron chi connectivity index (χ2n) is 12.9. The highest BCUT2D eigenvalue weighted by Crippen LogP contribution is 2.65. The van der Waals surface area contributed by atoms with Crippen LogP contribution in [-0.2, 0) is 24.1 Å². The van der Waals surface area contributed by atoms with Crippen LogP contribution >= 0.6 is 0 Å². The van der Waals surface area contributed by atoms with Crippen molar-refractivity contribution in [2.24, 2.45) is 23.2 Å². The van der Waals surface area contributed by atoms with E-state index in [2.05, 4.69) is 44.7 Å². The lowest BCUT2D eigenvalue weighted by Crippen LogP contribution is -2.65. The summed E-state index contributed by atoms with van der Waals surface area (Å²) in [6.07, 6.45) is 1.34. The molecule has 0 spiro atoms. The molecule has 2 aromatic rings. The van der Waals surface area contributed by atoms with E-state index in [0.717, 1.165) is 23.6 Å². The Morgan fingerprint density at radius 2 is 1.79 bits per heavy atom. The second-order valence-corrected chi connectivity index (χ2v) is 14.6. The van der Waals surface area contributed by atoms with E-state index in [-0.39, 0.29) is 22.3 Å². The van der Waals surface area contributed by atoms with Gasteiger partial charge in [0.25, 0.3) is 0 Å². The zero-order valence-corrected chi connectivity index (χ0v) is 24.5. The molecule has 3 saturated carbocycles. The summed E-state index contributed by atoms with van der Waals surface area (Å²) in [5.41, 5.74) is -0.233. The average Bonchev–Trinajstić information content (AvgIpc) is 3.23. The monoisotopic (exact) mass is 556 g/mol. The number of carbonyl (C=O) groups excluding carboxylic acids is 1. The molecule has 2 aromatic carbocycles. The van der Waals surface area contributed by atoms with Gasteiger partial charge in [0.1, 0.15) is 6.04 Å². The van der Waals surface area contributed by atoms with E-state index in [4.69, 9.17) is 9.31 Å². The van der Waals surface area contributed by atoms with E-state index in [9.17, 15) is 18.3 Å². The summed E-state index contributed by atoms with van der Waals surface area (Å²) in [6, 6.07) is 10.8. The Balaban J connectivity index is 1.33. The lowest BCUT2D eigenvalue weighted by molar-refractivity contribution is -0.199. The number of amides is 1. The Morgan fingerprint density at radius 1 is 1.10 bits per heavy atom. The Labute approximate surface area is 232 Å². The molecule has 1 saturated heterocycles. The largest absolute Gasteiger partial charge is 0.481 e. The SMILES string of the molecule is CC(C)C[C@H](NC(=O)[C@@H](NS(=O)(=O)c1ccc2ccccc2c1)[C@@H](C)O)B1O[C@@H]2C[C@H]3C[C@H](C3(C)C)[C@]2(C)O1. The van der Waals surface area contributed by atoms with Gasteiger partial charge in [-0.1, -0.05) is 58.0 Å². The van der Waals surface area contributed by atoms with Crippen LogP contribution in [0.2, 0.25) is 0 Å². The van der Waals surface area contributed by atoms with Crippen molar-refractivity contribution in [2.75, 3.05) is 0 Å². The zero-order chi connectivity index (χ0) is 28.3. The molecule has 3 N–H and O–H groups in total. The third kappa shape index (κ3) is 5.15. The second kappa shape index (κ2) is 10.1. The van der Waals surface area contributed by atoms with Crippen molar-refractivity contribution in [2.45, 2.75) is 95.5 Å².